The zero-order valence-electron chi connectivity index (χ0n) is 12.0. The average Bonchev–Trinajstić information content (AvgIpc) is 2.47. The van der Waals surface area contributed by atoms with Crippen molar-refractivity contribution in [2.45, 2.75) is 27.0 Å². The molecule has 2 aromatic rings. The Morgan fingerprint density at radius 1 is 1.05 bits per heavy atom. The van der Waals surface area contributed by atoms with Gasteiger partial charge in [-0.05, 0) is 54.4 Å². The summed E-state index contributed by atoms with van der Waals surface area (Å²) < 4.78 is 5.82. The maximum Gasteiger partial charge on any atom is 0.127 e. The van der Waals surface area contributed by atoms with Gasteiger partial charge in [-0.3, -0.25) is 0 Å². The highest BCUT2D eigenvalue weighted by Crippen LogP contribution is 2.24. The van der Waals surface area contributed by atoms with E-state index in [-0.39, 0.29) is 6.61 Å². The summed E-state index contributed by atoms with van der Waals surface area (Å²) in [5, 5.41) is 12.3. The molecular weight excluding hydrogens is 250 g/mol. The van der Waals surface area contributed by atoms with Crippen molar-refractivity contribution in [3.63, 3.8) is 0 Å². The summed E-state index contributed by atoms with van der Waals surface area (Å²) in [6, 6.07) is 13.6. The first kappa shape index (κ1) is 14.6. The second-order valence-electron chi connectivity index (χ2n) is 4.77. The minimum Gasteiger partial charge on any atom is -0.457 e. The molecule has 2 N–H and O–H groups in total. The highest BCUT2D eigenvalue weighted by Gasteiger charge is 2.02. The van der Waals surface area contributed by atoms with Gasteiger partial charge in [0.15, 0.2) is 0 Å². The first-order valence-electron chi connectivity index (χ1n) is 6.91. The maximum absolute atomic E-state index is 9.01. The van der Waals surface area contributed by atoms with Crippen LogP contribution in [0.25, 0.3) is 0 Å². The normalized spacial score (nSPS) is 10.6. The molecule has 106 valence electrons. The van der Waals surface area contributed by atoms with Crippen molar-refractivity contribution >= 4 is 0 Å². The average molecular weight is 271 g/mol. The predicted octanol–water partition coefficient (Wildman–Crippen LogP) is 3.39. The largest absolute Gasteiger partial charge is 0.457 e. The number of aliphatic hydroxyl groups is 1. The van der Waals surface area contributed by atoms with Gasteiger partial charge in [-0.15, -0.1) is 0 Å². The minimum atomic E-state index is 0.0541. The fraction of sp³-hybridized carbons (Fsp3) is 0.294. The van der Waals surface area contributed by atoms with Gasteiger partial charge in [0.25, 0.3) is 0 Å². The summed E-state index contributed by atoms with van der Waals surface area (Å²) in [7, 11) is 0. The monoisotopic (exact) mass is 271 g/mol. The van der Waals surface area contributed by atoms with Crippen LogP contribution in [0.3, 0.4) is 0 Å². The van der Waals surface area contributed by atoms with Crippen molar-refractivity contribution < 1.29 is 9.84 Å². The van der Waals surface area contributed by atoms with Crippen LogP contribution in [0.2, 0.25) is 0 Å². The highest BCUT2D eigenvalue weighted by atomic mass is 16.5. The van der Waals surface area contributed by atoms with Gasteiger partial charge in [0.1, 0.15) is 11.5 Å². The van der Waals surface area contributed by atoms with E-state index < -0.39 is 0 Å². The molecule has 0 aliphatic rings. The second kappa shape index (κ2) is 7.08. The van der Waals surface area contributed by atoms with Gasteiger partial charge in [0.05, 0.1) is 6.61 Å². The molecule has 0 aromatic heterocycles. The lowest BCUT2D eigenvalue weighted by molar-refractivity contribution is 0.281. The number of hydrogen-bond acceptors (Lipinski definition) is 3. The molecule has 0 heterocycles. The molecule has 0 unspecified atom stereocenters. The fourth-order valence-electron chi connectivity index (χ4n) is 1.99. The summed E-state index contributed by atoms with van der Waals surface area (Å²) in [6.45, 7) is 6.10. The standard InChI is InChI=1S/C17H21NO2/c1-3-18-11-15-6-9-17(10-13(15)2)20-16-7-4-14(12-19)5-8-16/h4-10,18-19H,3,11-12H2,1-2H3. The fourth-order valence-corrected chi connectivity index (χ4v) is 1.99. The van der Waals surface area contributed by atoms with E-state index in [0.717, 1.165) is 30.2 Å². The Hall–Kier alpha value is -1.84. The van der Waals surface area contributed by atoms with Gasteiger partial charge < -0.3 is 15.2 Å². The molecule has 3 heteroatoms. The van der Waals surface area contributed by atoms with E-state index >= 15 is 0 Å². The summed E-state index contributed by atoms with van der Waals surface area (Å²) in [5.41, 5.74) is 3.39. The molecule has 0 fully saturated rings. The van der Waals surface area contributed by atoms with Crippen LogP contribution in [0.15, 0.2) is 42.5 Å². The van der Waals surface area contributed by atoms with E-state index in [1.807, 2.05) is 36.4 Å². The Morgan fingerprint density at radius 2 is 1.75 bits per heavy atom. The quantitative estimate of drug-likeness (QED) is 0.846. The van der Waals surface area contributed by atoms with Gasteiger partial charge in [-0.2, -0.15) is 0 Å². The van der Waals surface area contributed by atoms with Crippen molar-refractivity contribution in [3.05, 3.63) is 59.2 Å². The van der Waals surface area contributed by atoms with Gasteiger partial charge in [-0.25, -0.2) is 0 Å². The van der Waals surface area contributed by atoms with Crippen LogP contribution in [0.5, 0.6) is 11.5 Å². The summed E-state index contributed by atoms with van der Waals surface area (Å²) >= 11 is 0. The molecule has 0 bridgehead atoms. The molecule has 2 rings (SSSR count). The Bertz CT molecular complexity index is 549. The van der Waals surface area contributed by atoms with Gasteiger partial charge in [0, 0.05) is 6.54 Å². The van der Waals surface area contributed by atoms with Crippen molar-refractivity contribution in [1.29, 1.82) is 0 Å². The zero-order chi connectivity index (χ0) is 14.4. The van der Waals surface area contributed by atoms with Crippen LogP contribution in [0.4, 0.5) is 0 Å². The van der Waals surface area contributed by atoms with Crippen LogP contribution in [-0.4, -0.2) is 11.7 Å². The molecular formula is C17H21NO2. The molecule has 2 aromatic carbocycles. The third-order valence-corrected chi connectivity index (χ3v) is 3.22. The molecule has 0 atom stereocenters. The van der Waals surface area contributed by atoms with Gasteiger partial charge in [0.2, 0.25) is 0 Å². The molecule has 3 nitrogen and oxygen atoms in total. The van der Waals surface area contributed by atoms with Crippen LogP contribution in [0.1, 0.15) is 23.6 Å². The number of benzene rings is 2. The number of aryl methyl sites for hydroxylation is 1. The zero-order valence-corrected chi connectivity index (χ0v) is 12.0. The van der Waals surface area contributed by atoms with Crippen molar-refractivity contribution in [3.8, 4) is 11.5 Å². The summed E-state index contributed by atoms with van der Waals surface area (Å²) in [5.74, 6) is 1.61. The molecule has 0 aliphatic carbocycles. The van der Waals surface area contributed by atoms with E-state index in [2.05, 4.69) is 25.2 Å². The molecule has 0 spiro atoms. The van der Waals surface area contributed by atoms with Crippen LogP contribution >= 0.6 is 0 Å². The summed E-state index contributed by atoms with van der Waals surface area (Å²) in [4.78, 5) is 0. The minimum absolute atomic E-state index is 0.0541. The third kappa shape index (κ3) is 3.83. The van der Waals surface area contributed by atoms with Crippen molar-refractivity contribution in [2.24, 2.45) is 0 Å². The number of aliphatic hydroxyl groups excluding tert-OH is 1. The van der Waals surface area contributed by atoms with Crippen LogP contribution in [0, 0.1) is 6.92 Å². The number of nitrogens with one attached hydrogen (secondary N) is 1. The third-order valence-electron chi connectivity index (χ3n) is 3.22. The highest BCUT2D eigenvalue weighted by molar-refractivity contribution is 5.38. The maximum atomic E-state index is 9.01. The van der Waals surface area contributed by atoms with Gasteiger partial charge in [-0.1, -0.05) is 25.1 Å². The first-order chi connectivity index (χ1) is 9.72. The van der Waals surface area contributed by atoms with Crippen LogP contribution < -0.4 is 10.1 Å². The molecule has 0 saturated heterocycles. The second-order valence-corrected chi connectivity index (χ2v) is 4.77. The number of rotatable bonds is 6. The van der Waals surface area contributed by atoms with E-state index in [4.69, 9.17) is 9.84 Å². The predicted molar refractivity (Wildman–Crippen MR) is 81.0 cm³/mol. The topological polar surface area (TPSA) is 41.5 Å². The van der Waals surface area contributed by atoms with Gasteiger partial charge >= 0.3 is 0 Å². The Balaban J connectivity index is 2.07. The molecule has 0 saturated carbocycles. The SMILES string of the molecule is CCNCc1ccc(Oc2ccc(CO)cc2)cc1C. The van der Waals surface area contributed by atoms with E-state index in [0.29, 0.717) is 0 Å². The van der Waals surface area contributed by atoms with E-state index in [1.165, 1.54) is 11.1 Å². The Morgan fingerprint density at radius 3 is 2.35 bits per heavy atom. The lowest BCUT2D eigenvalue weighted by Crippen LogP contribution is -2.12. The molecule has 0 aliphatic heterocycles. The number of ether oxygens (including phenoxy) is 1. The molecule has 0 radical (unpaired) electrons. The lowest BCUT2D eigenvalue weighted by atomic mass is 10.1. The lowest BCUT2D eigenvalue weighted by Gasteiger charge is -2.10. The smallest absolute Gasteiger partial charge is 0.127 e. The molecule has 20 heavy (non-hydrogen) atoms. The van der Waals surface area contributed by atoms with Crippen LogP contribution in [-0.2, 0) is 13.2 Å². The first-order valence-corrected chi connectivity index (χ1v) is 6.91. The molecule has 0 amide bonds. The number of hydrogen-bond donors (Lipinski definition) is 2. The van der Waals surface area contributed by atoms with E-state index in [9.17, 15) is 0 Å². The van der Waals surface area contributed by atoms with Crippen molar-refractivity contribution in [1.82, 2.24) is 5.32 Å². The summed E-state index contributed by atoms with van der Waals surface area (Å²) in [6.07, 6.45) is 0. The van der Waals surface area contributed by atoms with E-state index in [1.54, 1.807) is 0 Å². The van der Waals surface area contributed by atoms with Crippen molar-refractivity contribution in [2.75, 3.05) is 6.54 Å². The Labute approximate surface area is 120 Å². The Kier molecular flexibility index (Phi) is 5.16.